The summed E-state index contributed by atoms with van der Waals surface area (Å²) in [6, 6.07) is 7.69. The molecule has 1 saturated heterocycles. The normalized spacial score (nSPS) is 19.7. The van der Waals surface area contributed by atoms with Crippen LogP contribution in [0.3, 0.4) is 0 Å². The highest BCUT2D eigenvalue weighted by Crippen LogP contribution is 2.29. The number of amides is 2. The first-order valence-electron chi connectivity index (χ1n) is 11.4. The molecule has 0 spiro atoms. The molecule has 1 saturated carbocycles. The molecule has 1 aliphatic carbocycles. The molecule has 2 aliphatic rings. The summed E-state index contributed by atoms with van der Waals surface area (Å²) in [5, 5.41) is 3.82. The maximum absolute atomic E-state index is 13.1. The van der Waals surface area contributed by atoms with Gasteiger partial charge in [-0.3, -0.25) is 9.59 Å². The second-order valence-electron chi connectivity index (χ2n) is 8.77. The van der Waals surface area contributed by atoms with Crippen molar-refractivity contribution in [3.63, 3.8) is 0 Å². The number of rotatable bonds is 7. The van der Waals surface area contributed by atoms with E-state index >= 15 is 0 Å². The molecule has 29 heavy (non-hydrogen) atoms. The molecule has 1 N–H and O–H groups in total. The van der Waals surface area contributed by atoms with E-state index < -0.39 is 0 Å². The molecule has 1 aliphatic heterocycles. The molecule has 5 heteroatoms. The number of carbonyl (C=O) groups excluding carboxylic acids is 2. The average molecular weight is 419 g/mol. The Hall–Kier alpha value is -1.55. The van der Waals surface area contributed by atoms with E-state index in [1.165, 1.54) is 24.8 Å². The van der Waals surface area contributed by atoms with Gasteiger partial charge in [0.2, 0.25) is 11.8 Å². The van der Waals surface area contributed by atoms with Gasteiger partial charge in [-0.1, -0.05) is 56.3 Å². The van der Waals surface area contributed by atoms with Gasteiger partial charge < -0.3 is 10.2 Å². The van der Waals surface area contributed by atoms with E-state index in [2.05, 4.69) is 24.4 Å². The standard InChI is InChI=1S/C24H35ClN2O2/c1-2-6-22(26-23(28)17-18-7-4-3-5-8-18)24(29)27-15-13-20(14-16-27)19-9-11-21(25)12-10-19/h9-12,18,20,22H,2-8,13-17H2,1H3,(H,26,28)/t22-/m1/s1. The Labute approximate surface area is 180 Å². The maximum Gasteiger partial charge on any atom is 0.245 e. The third-order valence-corrected chi connectivity index (χ3v) is 6.81. The number of nitrogens with zero attached hydrogens (tertiary/aromatic N) is 1. The summed E-state index contributed by atoms with van der Waals surface area (Å²) < 4.78 is 0. The van der Waals surface area contributed by atoms with Crippen molar-refractivity contribution in [3.8, 4) is 0 Å². The minimum absolute atomic E-state index is 0.0553. The molecule has 2 amide bonds. The number of piperidine rings is 1. The highest BCUT2D eigenvalue weighted by atomic mass is 35.5. The molecule has 160 valence electrons. The fourth-order valence-corrected chi connectivity index (χ4v) is 4.97. The van der Waals surface area contributed by atoms with Crippen LogP contribution in [0.15, 0.2) is 24.3 Å². The summed E-state index contributed by atoms with van der Waals surface area (Å²) in [5.41, 5.74) is 1.30. The quantitative estimate of drug-likeness (QED) is 0.652. The molecular weight excluding hydrogens is 384 g/mol. The zero-order valence-electron chi connectivity index (χ0n) is 17.7. The van der Waals surface area contributed by atoms with Crippen molar-refractivity contribution in [3.05, 3.63) is 34.9 Å². The fraction of sp³-hybridized carbons (Fsp3) is 0.667. The lowest BCUT2D eigenvalue weighted by molar-refractivity contribution is -0.137. The molecule has 2 fully saturated rings. The van der Waals surface area contributed by atoms with Crippen LogP contribution in [-0.2, 0) is 9.59 Å². The van der Waals surface area contributed by atoms with Crippen molar-refractivity contribution in [1.82, 2.24) is 10.2 Å². The third kappa shape index (κ3) is 6.47. The Morgan fingerprint density at radius 2 is 1.72 bits per heavy atom. The summed E-state index contributed by atoms with van der Waals surface area (Å²) in [5.74, 6) is 1.12. The van der Waals surface area contributed by atoms with Gasteiger partial charge in [0.25, 0.3) is 0 Å². The van der Waals surface area contributed by atoms with Crippen LogP contribution < -0.4 is 5.32 Å². The zero-order valence-corrected chi connectivity index (χ0v) is 18.4. The number of hydrogen-bond acceptors (Lipinski definition) is 2. The largest absolute Gasteiger partial charge is 0.344 e. The fourth-order valence-electron chi connectivity index (χ4n) is 4.84. The predicted molar refractivity (Wildman–Crippen MR) is 118 cm³/mol. The molecule has 0 radical (unpaired) electrons. The van der Waals surface area contributed by atoms with E-state index in [9.17, 15) is 9.59 Å². The topological polar surface area (TPSA) is 49.4 Å². The Morgan fingerprint density at radius 3 is 2.34 bits per heavy atom. The van der Waals surface area contributed by atoms with Gasteiger partial charge >= 0.3 is 0 Å². The summed E-state index contributed by atoms with van der Waals surface area (Å²) >= 11 is 6.00. The molecule has 0 bridgehead atoms. The lowest BCUT2D eigenvalue weighted by atomic mass is 9.86. The van der Waals surface area contributed by atoms with Crippen molar-refractivity contribution in [2.24, 2.45) is 5.92 Å². The molecule has 1 atom stereocenters. The van der Waals surface area contributed by atoms with Gasteiger partial charge in [0.05, 0.1) is 0 Å². The van der Waals surface area contributed by atoms with Crippen LogP contribution in [0, 0.1) is 5.92 Å². The minimum atomic E-state index is -0.372. The minimum Gasteiger partial charge on any atom is -0.344 e. The van der Waals surface area contributed by atoms with Crippen LogP contribution in [0.5, 0.6) is 0 Å². The lowest BCUT2D eigenvalue weighted by Gasteiger charge is -2.35. The van der Waals surface area contributed by atoms with E-state index in [-0.39, 0.29) is 17.9 Å². The summed E-state index contributed by atoms with van der Waals surface area (Å²) in [4.78, 5) is 27.6. The van der Waals surface area contributed by atoms with Crippen molar-refractivity contribution in [1.29, 1.82) is 0 Å². The third-order valence-electron chi connectivity index (χ3n) is 6.56. The molecule has 1 heterocycles. The molecule has 0 aromatic heterocycles. The smallest absolute Gasteiger partial charge is 0.245 e. The Kier molecular flexibility index (Phi) is 8.40. The van der Waals surface area contributed by atoms with Gasteiger partial charge in [-0.2, -0.15) is 0 Å². The second-order valence-corrected chi connectivity index (χ2v) is 9.20. The SMILES string of the molecule is CCC[C@@H](NC(=O)CC1CCCCC1)C(=O)N1CCC(c2ccc(Cl)cc2)CC1. The van der Waals surface area contributed by atoms with Gasteiger partial charge in [0, 0.05) is 24.5 Å². The summed E-state index contributed by atoms with van der Waals surface area (Å²) in [6.45, 7) is 3.58. The van der Waals surface area contributed by atoms with E-state index in [1.54, 1.807) is 0 Å². The number of hydrogen-bond donors (Lipinski definition) is 1. The zero-order chi connectivity index (χ0) is 20.6. The van der Waals surface area contributed by atoms with Gasteiger partial charge in [-0.15, -0.1) is 0 Å². The first-order valence-corrected chi connectivity index (χ1v) is 11.8. The van der Waals surface area contributed by atoms with Crippen LogP contribution in [0.1, 0.15) is 82.6 Å². The first kappa shape index (κ1) is 22.1. The van der Waals surface area contributed by atoms with E-state index in [0.29, 0.717) is 24.7 Å². The molecule has 3 rings (SSSR count). The van der Waals surface area contributed by atoms with Gasteiger partial charge in [0.1, 0.15) is 6.04 Å². The van der Waals surface area contributed by atoms with Crippen molar-refractivity contribution in [2.75, 3.05) is 13.1 Å². The van der Waals surface area contributed by atoms with Crippen LogP contribution in [-0.4, -0.2) is 35.8 Å². The summed E-state index contributed by atoms with van der Waals surface area (Å²) in [6.07, 6.45) is 10.2. The monoisotopic (exact) mass is 418 g/mol. The number of benzene rings is 1. The molecular formula is C24H35ClN2O2. The summed E-state index contributed by atoms with van der Waals surface area (Å²) in [7, 11) is 0. The van der Waals surface area contributed by atoms with E-state index in [0.717, 1.165) is 50.2 Å². The Bertz CT molecular complexity index is 662. The van der Waals surface area contributed by atoms with Crippen LogP contribution >= 0.6 is 11.6 Å². The highest BCUT2D eigenvalue weighted by molar-refractivity contribution is 6.30. The van der Waals surface area contributed by atoms with E-state index in [4.69, 9.17) is 11.6 Å². The molecule has 0 unspecified atom stereocenters. The maximum atomic E-state index is 13.1. The molecule has 1 aromatic rings. The lowest BCUT2D eigenvalue weighted by Crippen LogP contribution is -2.50. The van der Waals surface area contributed by atoms with E-state index in [1.807, 2.05) is 17.0 Å². The first-order chi connectivity index (χ1) is 14.1. The Balaban J connectivity index is 1.51. The van der Waals surface area contributed by atoms with Crippen LogP contribution in [0.4, 0.5) is 0 Å². The van der Waals surface area contributed by atoms with Gasteiger partial charge in [-0.25, -0.2) is 0 Å². The number of carbonyl (C=O) groups is 2. The van der Waals surface area contributed by atoms with Crippen LogP contribution in [0.25, 0.3) is 0 Å². The molecule has 4 nitrogen and oxygen atoms in total. The highest BCUT2D eigenvalue weighted by Gasteiger charge is 2.30. The number of nitrogens with one attached hydrogen (secondary N) is 1. The second kappa shape index (κ2) is 11.0. The number of likely N-dealkylation sites (tertiary alicyclic amines) is 1. The van der Waals surface area contributed by atoms with Crippen LogP contribution in [0.2, 0.25) is 5.02 Å². The number of halogens is 1. The van der Waals surface area contributed by atoms with Crippen molar-refractivity contribution < 1.29 is 9.59 Å². The van der Waals surface area contributed by atoms with Crippen molar-refractivity contribution in [2.45, 2.75) is 83.1 Å². The molecule has 1 aromatic carbocycles. The predicted octanol–water partition coefficient (Wildman–Crippen LogP) is 5.30. The van der Waals surface area contributed by atoms with Gasteiger partial charge in [0.15, 0.2) is 0 Å². The average Bonchev–Trinajstić information content (AvgIpc) is 2.74. The van der Waals surface area contributed by atoms with Gasteiger partial charge in [-0.05, 0) is 61.6 Å². The Morgan fingerprint density at radius 1 is 1.07 bits per heavy atom. The van der Waals surface area contributed by atoms with Crippen molar-refractivity contribution >= 4 is 23.4 Å².